The summed E-state index contributed by atoms with van der Waals surface area (Å²) >= 11 is 7.11. The first kappa shape index (κ1) is 19.2. The van der Waals surface area contributed by atoms with E-state index in [2.05, 4.69) is 5.32 Å². The van der Waals surface area contributed by atoms with E-state index in [0.717, 1.165) is 4.90 Å². The minimum absolute atomic E-state index is 0.0902. The van der Waals surface area contributed by atoms with E-state index >= 15 is 0 Å². The van der Waals surface area contributed by atoms with E-state index in [1.807, 2.05) is 0 Å². The summed E-state index contributed by atoms with van der Waals surface area (Å²) in [4.78, 5) is 13.9. The molecule has 0 bridgehead atoms. The first-order valence-corrected chi connectivity index (χ1v) is 10.7. The number of rotatable bonds is 4. The van der Waals surface area contributed by atoms with Crippen LogP contribution in [0, 0.1) is 5.82 Å². The number of carbonyl (C=O) groups excluding carboxylic acids is 1. The van der Waals surface area contributed by atoms with Crippen LogP contribution in [0.15, 0.2) is 52.3 Å². The van der Waals surface area contributed by atoms with Gasteiger partial charge in [0.1, 0.15) is 5.82 Å². The predicted molar refractivity (Wildman–Crippen MR) is 101 cm³/mol. The number of hydrogen-bond acceptors (Lipinski definition) is 4. The van der Waals surface area contributed by atoms with Gasteiger partial charge in [0.05, 0.1) is 22.1 Å². The van der Waals surface area contributed by atoms with Crippen LogP contribution in [0.2, 0.25) is 5.02 Å². The first-order chi connectivity index (χ1) is 12.1. The molecule has 1 saturated heterocycles. The maximum atomic E-state index is 14.4. The molecule has 1 aliphatic rings. The van der Waals surface area contributed by atoms with Gasteiger partial charge in [0.25, 0.3) is 5.91 Å². The summed E-state index contributed by atoms with van der Waals surface area (Å²) in [6.07, 6.45) is 0. The molecule has 0 aliphatic carbocycles. The van der Waals surface area contributed by atoms with E-state index < -0.39 is 32.4 Å². The summed E-state index contributed by atoms with van der Waals surface area (Å²) in [5, 5.41) is 3.25. The molecule has 138 valence electrons. The molecule has 1 fully saturated rings. The summed E-state index contributed by atoms with van der Waals surface area (Å²) in [5.41, 5.74) is -0.0902. The van der Waals surface area contributed by atoms with E-state index in [4.69, 9.17) is 11.6 Å². The molecule has 1 unspecified atom stereocenters. The zero-order valence-electron chi connectivity index (χ0n) is 14.1. The number of halogens is 2. The zero-order chi connectivity index (χ0) is 19.1. The van der Waals surface area contributed by atoms with Gasteiger partial charge < -0.3 is 5.32 Å². The zero-order valence-corrected chi connectivity index (χ0v) is 16.5. The smallest absolute Gasteiger partial charge is 0.255 e. The first-order valence-electron chi connectivity index (χ1n) is 7.87. The third kappa shape index (κ3) is 3.48. The van der Waals surface area contributed by atoms with Crippen molar-refractivity contribution < 1.29 is 17.6 Å². The summed E-state index contributed by atoms with van der Waals surface area (Å²) in [5.74, 6) is -1.41. The van der Waals surface area contributed by atoms with Crippen LogP contribution >= 0.6 is 23.4 Å². The van der Waals surface area contributed by atoms with E-state index in [9.17, 15) is 17.6 Å². The molecule has 1 N–H and O–H groups in total. The second-order valence-corrected chi connectivity index (χ2v) is 10.7. The maximum absolute atomic E-state index is 14.4. The molecule has 0 saturated carbocycles. The Kier molecular flexibility index (Phi) is 5.07. The van der Waals surface area contributed by atoms with E-state index in [-0.39, 0.29) is 11.3 Å². The third-order valence-corrected chi connectivity index (χ3v) is 8.56. The topological polar surface area (TPSA) is 63.2 Å². The van der Waals surface area contributed by atoms with Crippen molar-refractivity contribution in [3.05, 3.63) is 58.9 Å². The van der Waals surface area contributed by atoms with Crippen molar-refractivity contribution in [3.8, 4) is 0 Å². The van der Waals surface area contributed by atoms with Gasteiger partial charge in [-0.2, -0.15) is 0 Å². The highest BCUT2D eigenvalue weighted by atomic mass is 35.5. The number of nitrogens with one attached hydrogen (secondary N) is 1. The van der Waals surface area contributed by atoms with Crippen LogP contribution in [-0.4, -0.2) is 30.9 Å². The number of amides is 1. The van der Waals surface area contributed by atoms with Gasteiger partial charge in [-0.15, -0.1) is 0 Å². The van der Waals surface area contributed by atoms with Gasteiger partial charge in [0.2, 0.25) is 0 Å². The molecular formula is C18H17ClFNO3S2. The molecule has 8 heteroatoms. The second kappa shape index (κ2) is 6.87. The molecule has 1 atom stereocenters. The fourth-order valence-electron chi connectivity index (χ4n) is 2.64. The molecule has 0 spiro atoms. The monoisotopic (exact) mass is 413 g/mol. The Morgan fingerprint density at radius 3 is 2.46 bits per heavy atom. The molecule has 2 aromatic carbocycles. The largest absolute Gasteiger partial charge is 0.347 e. The number of benzene rings is 2. The van der Waals surface area contributed by atoms with Crippen LogP contribution in [-0.2, 0) is 9.84 Å². The van der Waals surface area contributed by atoms with Gasteiger partial charge in [-0.3, -0.25) is 4.79 Å². The molecule has 0 radical (unpaired) electrons. The molecule has 1 amide bonds. The van der Waals surface area contributed by atoms with Crippen LogP contribution in [0.3, 0.4) is 0 Å². The molecule has 1 heterocycles. The van der Waals surface area contributed by atoms with Gasteiger partial charge in [0, 0.05) is 14.8 Å². The minimum atomic E-state index is -3.24. The molecule has 2 aromatic rings. The predicted octanol–water partition coefficient (Wildman–Crippen LogP) is 3.94. The van der Waals surface area contributed by atoms with Gasteiger partial charge in [0.15, 0.2) is 9.84 Å². The second-order valence-electron chi connectivity index (χ2n) is 6.58. The lowest BCUT2D eigenvalue weighted by molar-refractivity contribution is 0.0921. The quantitative estimate of drug-likeness (QED) is 0.824. The van der Waals surface area contributed by atoms with Crippen LogP contribution in [0.25, 0.3) is 0 Å². The number of carbonyl (C=O) groups is 1. The Morgan fingerprint density at radius 1 is 1.23 bits per heavy atom. The van der Waals surface area contributed by atoms with Crippen molar-refractivity contribution in [3.63, 3.8) is 0 Å². The van der Waals surface area contributed by atoms with Gasteiger partial charge in [-0.25, -0.2) is 12.8 Å². The summed E-state index contributed by atoms with van der Waals surface area (Å²) in [7, 11) is -3.24. The van der Waals surface area contributed by atoms with Crippen molar-refractivity contribution in [1.82, 2.24) is 5.32 Å². The highest BCUT2D eigenvalue weighted by molar-refractivity contribution is 7.99. The maximum Gasteiger partial charge on any atom is 0.255 e. The van der Waals surface area contributed by atoms with Crippen LogP contribution in [0.4, 0.5) is 4.39 Å². The van der Waals surface area contributed by atoms with Crippen molar-refractivity contribution in [2.75, 3.05) is 5.75 Å². The van der Waals surface area contributed by atoms with Gasteiger partial charge in [-0.05, 0) is 50.2 Å². The average molecular weight is 414 g/mol. The Balaban J connectivity index is 1.85. The standard InChI is InChI=1S/C18H17ClFNO3S2/c1-18(2)15(10-26(18,23)24)21-17(22)16-13(20)4-3-5-14(16)25-12-8-6-11(19)7-9-12/h3-9,15H,10H2,1-2H3,(H,21,22). The Morgan fingerprint density at radius 2 is 1.88 bits per heavy atom. The fraction of sp³-hybridized carbons (Fsp3) is 0.278. The minimum Gasteiger partial charge on any atom is -0.347 e. The Labute approximate surface area is 161 Å². The van der Waals surface area contributed by atoms with Crippen molar-refractivity contribution in [2.45, 2.75) is 34.4 Å². The molecule has 4 nitrogen and oxygen atoms in total. The fourth-order valence-corrected chi connectivity index (χ4v) is 5.38. The van der Waals surface area contributed by atoms with Crippen LogP contribution in [0.5, 0.6) is 0 Å². The summed E-state index contributed by atoms with van der Waals surface area (Å²) in [6.45, 7) is 3.11. The van der Waals surface area contributed by atoms with Crippen LogP contribution in [0.1, 0.15) is 24.2 Å². The number of sulfone groups is 1. The normalized spacial score (nSPS) is 20.2. The Bertz CT molecular complexity index is 959. The molecule has 3 rings (SSSR count). The molecule has 0 aromatic heterocycles. The highest BCUT2D eigenvalue weighted by Crippen LogP contribution is 2.35. The van der Waals surface area contributed by atoms with Crippen LogP contribution < -0.4 is 5.32 Å². The van der Waals surface area contributed by atoms with E-state index in [1.54, 1.807) is 44.2 Å². The third-order valence-electron chi connectivity index (χ3n) is 4.58. The lowest BCUT2D eigenvalue weighted by Crippen LogP contribution is -2.66. The highest BCUT2D eigenvalue weighted by Gasteiger charge is 2.54. The lowest BCUT2D eigenvalue weighted by atomic mass is 10.0. The molecule has 26 heavy (non-hydrogen) atoms. The average Bonchev–Trinajstić information content (AvgIpc) is 2.56. The number of hydrogen-bond donors (Lipinski definition) is 1. The van der Waals surface area contributed by atoms with Crippen molar-refractivity contribution in [1.29, 1.82) is 0 Å². The van der Waals surface area contributed by atoms with E-state index in [0.29, 0.717) is 9.92 Å². The van der Waals surface area contributed by atoms with Gasteiger partial charge in [-0.1, -0.05) is 29.4 Å². The Hall–Kier alpha value is -1.57. The SMILES string of the molecule is CC1(C)C(NC(=O)c2c(F)cccc2Sc2ccc(Cl)cc2)CS1(=O)=O. The summed E-state index contributed by atoms with van der Waals surface area (Å²) in [6, 6.07) is 10.8. The molecular weight excluding hydrogens is 397 g/mol. The van der Waals surface area contributed by atoms with Gasteiger partial charge >= 0.3 is 0 Å². The van der Waals surface area contributed by atoms with Crippen molar-refractivity contribution in [2.24, 2.45) is 0 Å². The summed E-state index contributed by atoms with van der Waals surface area (Å²) < 4.78 is 37.0. The van der Waals surface area contributed by atoms with Crippen molar-refractivity contribution >= 4 is 39.1 Å². The molecule has 1 aliphatic heterocycles. The lowest BCUT2D eigenvalue weighted by Gasteiger charge is -2.43. The van der Waals surface area contributed by atoms with E-state index in [1.165, 1.54) is 23.9 Å².